The normalized spacial score (nSPS) is 54.1. The maximum Gasteiger partial charge on any atom is 0.302 e. The van der Waals surface area contributed by atoms with Crippen molar-refractivity contribution in [2.75, 3.05) is 41.2 Å². The number of ether oxygens (including phenoxy) is 17. The standard InChI is InChI=1S/C56H88O23/c1-25-47(74-42-21-37(65-10)50(28(4)71-42)77-52-46(62)45(61)44(60)38(22-57)73-52)34(59)18-40(68-25)75-48-27(3)70-43(20-36(48)64-9)76-49-26(2)69-41(19-35(49)63-8)72-31-13-16-55(24-66-29(5)58)30(17-31)11-12-33-32(55)14-15-53(6)51-39-23-67-54(51,7)79-56(33,53)78-39/h11,25-28,31-52,57,59-62H,12-24H2,1-10H3/t25-,26-,27-,28-,31+,32+,33-,34-,35+,36-,37-,38-,39-,40+,41+,42+,43+,44+,45+,46-,47-,48-,49-,50-,51+,52+,53-,54-,55-,56+/m1/s1. The van der Waals surface area contributed by atoms with Crippen molar-refractivity contribution in [3.63, 3.8) is 0 Å². The van der Waals surface area contributed by atoms with Crippen LogP contribution in [-0.2, 0) is 85.3 Å². The Morgan fingerprint density at radius 1 is 0.671 bits per heavy atom. The summed E-state index contributed by atoms with van der Waals surface area (Å²) in [6.45, 7) is 13.5. The Bertz CT molecular complexity index is 2140. The van der Waals surface area contributed by atoms with Crippen LogP contribution in [0.25, 0.3) is 0 Å². The minimum absolute atomic E-state index is 0.0248. The number of hydrogen-bond donors (Lipinski definition) is 5. The smallest absolute Gasteiger partial charge is 0.302 e. The molecule has 11 aliphatic rings. The Kier molecular flexibility index (Phi) is 17.2. The van der Waals surface area contributed by atoms with E-state index in [0.29, 0.717) is 32.5 Å². The molecule has 5 N–H and O–H groups in total. The molecule has 2 bridgehead atoms. The maximum absolute atomic E-state index is 12.4. The molecule has 23 heteroatoms. The summed E-state index contributed by atoms with van der Waals surface area (Å²) >= 11 is 0. The van der Waals surface area contributed by atoms with E-state index in [1.165, 1.54) is 19.6 Å². The van der Waals surface area contributed by atoms with Gasteiger partial charge in [-0.25, -0.2) is 0 Å². The van der Waals surface area contributed by atoms with Crippen molar-refractivity contribution in [3.05, 3.63) is 11.6 Å². The van der Waals surface area contributed by atoms with Gasteiger partial charge in [-0.1, -0.05) is 18.6 Å². The lowest BCUT2D eigenvalue weighted by Gasteiger charge is -2.60. The summed E-state index contributed by atoms with van der Waals surface area (Å²) in [4.78, 5) is 12.4. The zero-order chi connectivity index (χ0) is 56.1. The van der Waals surface area contributed by atoms with E-state index in [1.807, 2.05) is 13.8 Å². The fourth-order valence-corrected chi connectivity index (χ4v) is 16.4. The molecule has 0 radical (unpaired) electrons. The van der Waals surface area contributed by atoms with Gasteiger partial charge in [-0.3, -0.25) is 4.79 Å². The molecule has 30 atom stereocenters. The molecule has 10 fully saturated rings. The first-order valence-electron chi connectivity index (χ1n) is 29.0. The zero-order valence-corrected chi connectivity index (χ0v) is 47.4. The van der Waals surface area contributed by atoms with Crippen molar-refractivity contribution in [1.29, 1.82) is 0 Å². The highest BCUT2D eigenvalue weighted by Gasteiger charge is 2.83. The topological polar surface area (TPSA) is 275 Å². The predicted octanol–water partition coefficient (Wildman–Crippen LogP) is 2.24. The first-order chi connectivity index (χ1) is 37.7. The Morgan fingerprint density at radius 2 is 1.23 bits per heavy atom. The lowest BCUT2D eigenvalue weighted by molar-refractivity contribution is -0.359. The van der Waals surface area contributed by atoms with Crippen molar-refractivity contribution in [2.45, 2.75) is 266 Å². The summed E-state index contributed by atoms with van der Waals surface area (Å²) in [5.74, 6) is -1.18. The van der Waals surface area contributed by atoms with E-state index in [1.54, 1.807) is 28.1 Å². The van der Waals surface area contributed by atoms with Crippen LogP contribution in [0.15, 0.2) is 11.6 Å². The molecule has 0 aromatic carbocycles. The van der Waals surface area contributed by atoms with Gasteiger partial charge in [0.25, 0.3) is 0 Å². The van der Waals surface area contributed by atoms with Crippen LogP contribution >= 0.6 is 0 Å². The fraction of sp³-hybridized carbons (Fsp3) is 0.946. The molecule has 8 aliphatic heterocycles. The van der Waals surface area contributed by atoms with Crippen LogP contribution in [-0.4, -0.2) is 226 Å². The molecule has 8 heterocycles. The van der Waals surface area contributed by atoms with Gasteiger partial charge >= 0.3 is 5.97 Å². The number of aliphatic hydroxyl groups is 5. The highest BCUT2D eigenvalue weighted by Crippen LogP contribution is 2.76. The monoisotopic (exact) mass is 1130 g/mol. The van der Waals surface area contributed by atoms with E-state index in [-0.39, 0.29) is 65.7 Å². The van der Waals surface area contributed by atoms with E-state index in [2.05, 4.69) is 19.9 Å². The van der Waals surface area contributed by atoms with Crippen molar-refractivity contribution in [3.8, 4) is 0 Å². The van der Waals surface area contributed by atoms with Gasteiger partial charge in [0.05, 0.1) is 80.2 Å². The SMILES string of the molecule is CO[C@H]1C[C@H](O[C@H]2CC[C@@]3(COC(C)=O)C(=CC[C@@H]4[C@@H]3CC[C@]3(C)[C@@H]5[C@H]6CO[C@]5(C)O[C@@]43O6)C2)O[C@H](C)[C@H]1O[C@H]1C[C@@H](OC)[C@H](O[C@H]2C[C@@H](O)[C@H](O[C@H]3C[C@@H](OC)[C@H](O[C@@H]4O[C@H](CO)[C@H](O)[C@H](O)[C@H]4O)[C@@H](C)O3)[C@@H](C)O2)[C@@H](C)O1. The van der Waals surface area contributed by atoms with E-state index >= 15 is 0 Å². The molecular formula is C56H88O23. The van der Waals surface area contributed by atoms with Crippen LogP contribution in [0.1, 0.15) is 113 Å². The van der Waals surface area contributed by atoms with Crippen LogP contribution in [0.3, 0.4) is 0 Å². The lowest BCUT2D eigenvalue weighted by Crippen LogP contribution is -2.62. The summed E-state index contributed by atoms with van der Waals surface area (Å²) in [7, 11) is 4.77. The van der Waals surface area contributed by atoms with Gasteiger partial charge < -0.3 is 106 Å². The maximum atomic E-state index is 12.4. The number of allylic oxidation sites excluding steroid dienone is 1. The van der Waals surface area contributed by atoms with E-state index in [0.717, 1.165) is 32.1 Å². The molecule has 8 saturated heterocycles. The first-order valence-corrected chi connectivity index (χ1v) is 29.0. The van der Waals surface area contributed by atoms with Gasteiger partial charge in [-0.05, 0) is 79.1 Å². The molecule has 2 saturated carbocycles. The molecule has 0 amide bonds. The van der Waals surface area contributed by atoms with Crippen LogP contribution in [0.4, 0.5) is 0 Å². The number of aliphatic hydroxyl groups excluding tert-OH is 5. The molecule has 0 spiro atoms. The molecule has 23 nitrogen and oxygen atoms in total. The van der Waals surface area contributed by atoms with Gasteiger partial charge in [0.1, 0.15) is 55.4 Å². The van der Waals surface area contributed by atoms with Crippen LogP contribution in [0, 0.1) is 28.6 Å². The number of fused-ring (bicyclic) bond motifs is 3. The van der Waals surface area contributed by atoms with Crippen molar-refractivity contribution >= 4 is 5.97 Å². The molecule has 3 aliphatic carbocycles. The third kappa shape index (κ3) is 10.4. The van der Waals surface area contributed by atoms with Crippen LogP contribution in [0.2, 0.25) is 0 Å². The first kappa shape index (κ1) is 59.1. The Balaban J connectivity index is 0.661. The quantitative estimate of drug-likeness (QED) is 0.110. The minimum Gasteiger partial charge on any atom is -0.465 e. The van der Waals surface area contributed by atoms with E-state index in [9.17, 15) is 30.3 Å². The number of carbonyl (C=O) groups excluding carboxylic acids is 1. The van der Waals surface area contributed by atoms with Crippen molar-refractivity contribution in [1.82, 2.24) is 0 Å². The molecule has 11 rings (SSSR count). The highest BCUT2D eigenvalue weighted by molar-refractivity contribution is 5.66. The third-order valence-electron chi connectivity index (χ3n) is 20.3. The van der Waals surface area contributed by atoms with Gasteiger partial charge in [0, 0.05) is 70.7 Å². The third-order valence-corrected chi connectivity index (χ3v) is 20.3. The largest absolute Gasteiger partial charge is 0.465 e. The minimum atomic E-state index is -1.61. The zero-order valence-electron chi connectivity index (χ0n) is 47.4. The second-order valence-corrected chi connectivity index (χ2v) is 24.8. The molecule has 0 aromatic heterocycles. The molecule has 79 heavy (non-hydrogen) atoms. The molecule has 0 aromatic rings. The number of esters is 1. The second-order valence-electron chi connectivity index (χ2n) is 24.8. The van der Waals surface area contributed by atoms with Crippen LogP contribution < -0.4 is 0 Å². The molecular weight excluding hydrogens is 1040 g/mol. The fourth-order valence-electron chi connectivity index (χ4n) is 16.4. The number of carbonyl (C=O) groups is 1. The number of methoxy groups -OCH3 is 3. The van der Waals surface area contributed by atoms with Crippen molar-refractivity contribution < 1.29 is 111 Å². The lowest BCUT2D eigenvalue weighted by atomic mass is 9.47. The summed E-state index contributed by atoms with van der Waals surface area (Å²) < 4.78 is 108. The molecule has 0 unspecified atom stereocenters. The Hall–Kier alpha value is -1.63. The number of rotatable bonds is 16. The average molecular weight is 1130 g/mol. The second kappa shape index (κ2) is 23.0. The van der Waals surface area contributed by atoms with E-state index in [4.69, 9.17) is 80.5 Å². The highest BCUT2D eigenvalue weighted by atomic mass is 16.8. The Labute approximate surface area is 462 Å². The van der Waals surface area contributed by atoms with Crippen molar-refractivity contribution in [2.24, 2.45) is 28.6 Å². The van der Waals surface area contributed by atoms with Crippen LogP contribution in [0.5, 0.6) is 0 Å². The molecule has 450 valence electrons. The van der Waals surface area contributed by atoms with Gasteiger partial charge in [-0.15, -0.1) is 0 Å². The number of hydrogen-bond acceptors (Lipinski definition) is 23. The van der Waals surface area contributed by atoms with Gasteiger partial charge in [0.2, 0.25) is 0 Å². The summed E-state index contributed by atoms with van der Waals surface area (Å²) in [5.41, 5.74) is 0.766. The average Bonchev–Trinajstić information content (AvgIpc) is 1.80. The van der Waals surface area contributed by atoms with Gasteiger partial charge in [0.15, 0.2) is 43.0 Å². The Morgan fingerprint density at radius 3 is 1.78 bits per heavy atom. The summed E-state index contributed by atoms with van der Waals surface area (Å²) in [6.07, 6.45) is -9.15. The van der Waals surface area contributed by atoms with Gasteiger partial charge in [-0.2, -0.15) is 0 Å². The summed E-state index contributed by atoms with van der Waals surface area (Å²) in [5, 5.41) is 52.2. The van der Waals surface area contributed by atoms with E-state index < -0.39 is 141 Å². The summed E-state index contributed by atoms with van der Waals surface area (Å²) in [6, 6.07) is 0. The predicted molar refractivity (Wildman–Crippen MR) is 269 cm³/mol.